The average molecular weight is 343 g/mol. The van der Waals surface area contributed by atoms with Crippen molar-refractivity contribution in [1.82, 2.24) is 9.78 Å². The van der Waals surface area contributed by atoms with E-state index >= 15 is 0 Å². The normalized spacial score (nSPS) is 11.5. The van der Waals surface area contributed by atoms with Crippen LogP contribution >= 0.6 is 11.6 Å². The molecule has 24 heavy (non-hydrogen) atoms. The summed E-state index contributed by atoms with van der Waals surface area (Å²) in [6, 6.07) is 15.0. The van der Waals surface area contributed by atoms with Crippen molar-refractivity contribution >= 4 is 11.6 Å². The molecular formula is C19H19ClN2O2. The average Bonchev–Trinajstić information content (AvgIpc) is 2.97. The summed E-state index contributed by atoms with van der Waals surface area (Å²) in [7, 11) is 0. The van der Waals surface area contributed by atoms with Gasteiger partial charge in [-0.2, -0.15) is 5.10 Å². The van der Waals surface area contributed by atoms with Crippen molar-refractivity contribution in [2.75, 3.05) is 0 Å². The van der Waals surface area contributed by atoms with Crippen molar-refractivity contribution in [1.29, 1.82) is 0 Å². The second-order valence-electron chi connectivity index (χ2n) is 6.32. The molecule has 5 heteroatoms. The van der Waals surface area contributed by atoms with Crippen molar-refractivity contribution in [2.24, 2.45) is 0 Å². The summed E-state index contributed by atoms with van der Waals surface area (Å²) in [6.45, 7) is 3.97. The van der Waals surface area contributed by atoms with Gasteiger partial charge < -0.3 is 9.84 Å². The molecule has 2 aromatic carbocycles. The SMILES string of the molecule is CC(C)(O)Cn1cc(-c2ccc(Oc3ccc(Cl)cc3)cc2)cn1. The number of halogens is 1. The molecule has 0 saturated heterocycles. The largest absolute Gasteiger partial charge is 0.457 e. The molecule has 124 valence electrons. The van der Waals surface area contributed by atoms with Gasteiger partial charge in [0.15, 0.2) is 0 Å². The Morgan fingerprint density at radius 1 is 1.00 bits per heavy atom. The molecule has 0 aliphatic rings. The molecule has 0 spiro atoms. The number of rotatable bonds is 5. The summed E-state index contributed by atoms with van der Waals surface area (Å²) in [4.78, 5) is 0. The summed E-state index contributed by atoms with van der Waals surface area (Å²) < 4.78 is 7.53. The van der Waals surface area contributed by atoms with E-state index in [2.05, 4.69) is 5.10 Å². The summed E-state index contributed by atoms with van der Waals surface area (Å²) in [6.07, 6.45) is 3.72. The lowest BCUT2D eigenvalue weighted by atomic mass is 10.1. The summed E-state index contributed by atoms with van der Waals surface area (Å²) in [5.41, 5.74) is 1.25. The van der Waals surface area contributed by atoms with Gasteiger partial charge in [0.1, 0.15) is 11.5 Å². The fourth-order valence-corrected chi connectivity index (χ4v) is 2.48. The van der Waals surface area contributed by atoms with Crippen molar-refractivity contribution in [3.63, 3.8) is 0 Å². The highest BCUT2D eigenvalue weighted by Crippen LogP contribution is 2.26. The zero-order valence-corrected chi connectivity index (χ0v) is 14.4. The number of hydrogen-bond donors (Lipinski definition) is 1. The van der Waals surface area contributed by atoms with Crippen LogP contribution in [-0.4, -0.2) is 20.5 Å². The van der Waals surface area contributed by atoms with E-state index in [0.717, 1.165) is 22.6 Å². The van der Waals surface area contributed by atoms with Crippen LogP contribution in [0, 0.1) is 0 Å². The van der Waals surface area contributed by atoms with E-state index in [9.17, 15) is 5.11 Å². The highest BCUT2D eigenvalue weighted by Gasteiger charge is 2.14. The topological polar surface area (TPSA) is 47.3 Å². The second kappa shape index (κ2) is 6.67. The van der Waals surface area contributed by atoms with Crippen molar-refractivity contribution < 1.29 is 9.84 Å². The minimum absolute atomic E-state index is 0.449. The lowest BCUT2D eigenvalue weighted by molar-refractivity contribution is 0.0577. The Labute approximate surface area is 146 Å². The Hall–Kier alpha value is -2.30. The summed E-state index contributed by atoms with van der Waals surface area (Å²) in [5, 5.41) is 14.8. The standard InChI is InChI=1S/C19H19ClN2O2/c1-19(2,23)13-22-12-15(11-21-22)14-3-7-17(8-4-14)24-18-9-5-16(20)6-10-18/h3-12,23H,13H2,1-2H3. The maximum atomic E-state index is 9.86. The smallest absolute Gasteiger partial charge is 0.127 e. The Morgan fingerprint density at radius 2 is 1.58 bits per heavy atom. The number of aromatic nitrogens is 2. The molecule has 0 unspecified atom stereocenters. The number of ether oxygens (including phenoxy) is 1. The third-order valence-electron chi connectivity index (χ3n) is 3.42. The molecule has 0 fully saturated rings. The molecule has 4 nitrogen and oxygen atoms in total. The predicted octanol–water partition coefficient (Wildman–Crippen LogP) is 4.77. The van der Waals surface area contributed by atoms with Crippen LogP contribution < -0.4 is 4.74 Å². The van der Waals surface area contributed by atoms with Crippen LogP contribution in [0.1, 0.15) is 13.8 Å². The Bertz CT molecular complexity index is 803. The molecule has 0 amide bonds. The van der Waals surface area contributed by atoms with Crippen LogP contribution in [-0.2, 0) is 6.54 Å². The Morgan fingerprint density at radius 3 is 2.17 bits per heavy atom. The first kappa shape index (κ1) is 16.6. The van der Waals surface area contributed by atoms with Gasteiger partial charge in [-0.1, -0.05) is 23.7 Å². The van der Waals surface area contributed by atoms with Gasteiger partial charge >= 0.3 is 0 Å². The van der Waals surface area contributed by atoms with E-state index in [4.69, 9.17) is 16.3 Å². The van der Waals surface area contributed by atoms with E-state index in [1.165, 1.54) is 0 Å². The van der Waals surface area contributed by atoms with Gasteiger partial charge in [-0.15, -0.1) is 0 Å². The van der Waals surface area contributed by atoms with Gasteiger partial charge in [-0.05, 0) is 55.8 Å². The lowest BCUT2D eigenvalue weighted by Gasteiger charge is -2.16. The van der Waals surface area contributed by atoms with Gasteiger partial charge in [-0.3, -0.25) is 4.68 Å². The summed E-state index contributed by atoms with van der Waals surface area (Å²) >= 11 is 5.87. The minimum atomic E-state index is -0.792. The predicted molar refractivity (Wildman–Crippen MR) is 95.5 cm³/mol. The second-order valence-corrected chi connectivity index (χ2v) is 6.76. The highest BCUT2D eigenvalue weighted by atomic mass is 35.5. The van der Waals surface area contributed by atoms with Gasteiger partial charge in [0.25, 0.3) is 0 Å². The molecule has 0 aliphatic carbocycles. The zero-order chi connectivity index (χ0) is 17.2. The number of nitrogens with zero attached hydrogens (tertiary/aromatic N) is 2. The molecule has 1 aromatic heterocycles. The molecule has 0 aliphatic heterocycles. The van der Waals surface area contributed by atoms with Crippen molar-refractivity contribution in [2.45, 2.75) is 26.0 Å². The van der Waals surface area contributed by atoms with E-state index in [0.29, 0.717) is 11.6 Å². The molecule has 1 heterocycles. The first-order chi connectivity index (χ1) is 11.4. The number of benzene rings is 2. The molecule has 0 atom stereocenters. The van der Waals surface area contributed by atoms with Crippen molar-refractivity contribution in [3.05, 3.63) is 65.9 Å². The molecule has 1 N–H and O–H groups in total. The maximum Gasteiger partial charge on any atom is 0.127 e. The van der Waals surface area contributed by atoms with Crippen LogP contribution in [0.2, 0.25) is 5.02 Å². The first-order valence-electron chi connectivity index (χ1n) is 7.68. The molecular weight excluding hydrogens is 324 g/mol. The molecule has 3 aromatic rings. The number of aliphatic hydroxyl groups is 1. The van der Waals surface area contributed by atoms with Gasteiger partial charge in [0.2, 0.25) is 0 Å². The number of hydrogen-bond acceptors (Lipinski definition) is 3. The molecule has 0 radical (unpaired) electrons. The highest BCUT2D eigenvalue weighted by molar-refractivity contribution is 6.30. The zero-order valence-electron chi connectivity index (χ0n) is 13.6. The molecule has 0 bridgehead atoms. The fraction of sp³-hybridized carbons (Fsp3) is 0.211. The molecule has 0 saturated carbocycles. The van der Waals surface area contributed by atoms with Crippen LogP contribution in [0.15, 0.2) is 60.9 Å². The van der Waals surface area contributed by atoms with Crippen LogP contribution in [0.25, 0.3) is 11.1 Å². The summed E-state index contributed by atoms with van der Waals surface area (Å²) in [5.74, 6) is 1.50. The monoisotopic (exact) mass is 342 g/mol. The van der Waals surface area contributed by atoms with E-state index in [1.807, 2.05) is 42.6 Å². The van der Waals surface area contributed by atoms with E-state index in [-0.39, 0.29) is 0 Å². The third-order valence-corrected chi connectivity index (χ3v) is 3.67. The Kier molecular flexibility index (Phi) is 4.60. The van der Waals surface area contributed by atoms with Gasteiger partial charge in [0, 0.05) is 16.8 Å². The lowest BCUT2D eigenvalue weighted by Crippen LogP contribution is -2.26. The quantitative estimate of drug-likeness (QED) is 0.726. The van der Waals surface area contributed by atoms with Crippen LogP contribution in [0.4, 0.5) is 0 Å². The van der Waals surface area contributed by atoms with Gasteiger partial charge in [0.05, 0.1) is 18.3 Å². The Balaban J connectivity index is 1.71. The van der Waals surface area contributed by atoms with Gasteiger partial charge in [-0.25, -0.2) is 0 Å². The van der Waals surface area contributed by atoms with E-state index in [1.54, 1.807) is 36.9 Å². The van der Waals surface area contributed by atoms with E-state index < -0.39 is 5.60 Å². The van der Waals surface area contributed by atoms with Crippen molar-refractivity contribution in [3.8, 4) is 22.6 Å². The maximum absolute atomic E-state index is 9.86. The minimum Gasteiger partial charge on any atom is -0.457 e. The fourth-order valence-electron chi connectivity index (χ4n) is 2.35. The first-order valence-corrected chi connectivity index (χ1v) is 8.06. The third kappa shape index (κ3) is 4.37. The molecule has 3 rings (SSSR count). The van der Waals surface area contributed by atoms with Crippen LogP contribution in [0.5, 0.6) is 11.5 Å². The van der Waals surface area contributed by atoms with Crippen LogP contribution in [0.3, 0.4) is 0 Å².